The number of nitrogens with zero attached hydrogens (tertiary/aromatic N) is 3. The van der Waals surface area contributed by atoms with Gasteiger partial charge in [0.05, 0.1) is 12.5 Å². The van der Waals surface area contributed by atoms with Crippen LogP contribution in [0.5, 0.6) is 0 Å². The Balaban J connectivity index is 1.81. The molecule has 1 aromatic rings. The van der Waals surface area contributed by atoms with Crippen molar-refractivity contribution in [2.75, 3.05) is 19.6 Å². The summed E-state index contributed by atoms with van der Waals surface area (Å²) in [6.45, 7) is 6.39. The average molecular weight is 321 g/mol. The largest absolute Gasteiger partial charge is 0.349 e. The molecule has 0 spiro atoms. The Kier molecular flexibility index (Phi) is 6.01. The molecular weight excluding hydrogens is 294 g/mol. The first-order valence-corrected chi connectivity index (χ1v) is 8.24. The van der Waals surface area contributed by atoms with Gasteiger partial charge in [-0.05, 0) is 18.8 Å². The van der Waals surface area contributed by atoms with Crippen LogP contribution in [0.1, 0.15) is 32.5 Å². The van der Waals surface area contributed by atoms with Crippen molar-refractivity contribution in [3.63, 3.8) is 0 Å². The van der Waals surface area contributed by atoms with Gasteiger partial charge in [0.15, 0.2) is 0 Å². The normalized spacial score (nSPS) is 18.1. The van der Waals surface area contributed by atoms with Gasteiger partial charge in [-0.15, -0.1) is 0 Å². The lowest BCUT2D eigenvalue weighted by molar-refractivity contribution is -0.126. The lowest BCUT2D eigenvalue weighted by Gasteiger charge is -2.32. The molecule has 0 aliphatic carbocycles. The number of piperidine rings is 1. The Bertz CT molecular complexity index is 540. The average Bonchev–Trinajstić information content (AvgIpc) is 2.95. The number of aryl methyl sites for hydroxylation is 1. The first-order valence-electron chi connectivity index (χ1n) is 8.24. The third-order valence-electron chi connectivity index (χ3n) is 4.08. The lowest BCUT2D eigenvalue weighted by atomic mass is 9.97. The Hall–Kier alpha value is -2.05. The van der Waals surface area contributed by atoms with Crippen LogP contribution in [-0.4, -0.2) is 46.0 Å². The number of aromatic nitrogens is 2. The van der Waals surface area contributed by atoms with E-state index in [-0.39, 0.29) is 17.9 Å². The second kappa shape index (κ2) is 7.99. The van der Waals surface area contributed by atoms with Crippen molar-refractivity contribution in [3.8, 4) is 0 Å². The summed E-state index contributed by atoms with van der Waals surface area (Å²) in [6.07, 6.45) is 5.24. The number of likely N-dealkylation sites (tertiary alicyclic amines) is 1. The minimum atomic E-state index is -0.145. The molecule has 1 aliphatic heterocycles. The topological polar surface area (TPSA) is 79.3 Å². The highest BCUT2D eigenvalue weighted by Gasteiger charge is 2.28. The van der Waals surface area contributed by atoms with Crippen LogP contribution in [0.3, 0.4) is 0 Å². The maximum atomic E-state index is 12.3. The van der Waals surface area contributed by atoms with E-state index in [1.54, 1.807) is 11.1 Å². The summed E-state index contributed by atoms with van der Waals surface area (Å²) in [5.41, 5.74) is 0. The molecular formula is C16H27N5O2. The SMILES string of the molecule is CC(C)CNC(=O)N1CCC[C@H](C(=O)NCc2nccn2C)C1. The maximum Gasteiger partial charge on any atom is 0.317 e. The molecule has 1 fully saturated rings. The number of nitrogens with one attached hydrogen (secondary N) is 2. The van der Waals surface area contributed by atoms with Crippen molar-refractivity contribution in [2.24, 2.45) is 18.9 Å². The molecule has 0 unspecified atom stereocenters. The summed E-state index contributed by atoms with van der Waals surface area (Å²) in [5.74, 6) is 1.09. The summed E-state index contributed by atoms with van der Waals surface area (Å²) in [7, 11) is 1.90. The highest BCUT2D eigenvalue weighted by atomic mass is 16.2. The zero-order chi connectivity index (χ0) is 16.8. The molecule has 2 N–H and O–H groups in total. The van der Waals surface area contributed by atoms with Gasteiger partial charge >= 0.3 is 6.03 Å². The summed E-state index contributed by atoms with van der Waals surface area (Å²) in [4.78, 5) is 30.4. The van der Waals surface area contributed by atoms with Gasteiger partial charge in [0.2, 0.25) is 5.91 Å². The van der Waals surface area contributed by atoms with Gasteiger partial charge in [-0.25, -0.2) is 9.78 Å². The van der Waals surface area contributed by atoms with Crippen molar-refractivity contribution in [1.29, 1.82) is 0 Å². The number of carbonyl (C=O) groups is 2. The van der Waals surface area contributed by atoms with E-state index < -0.39 is 0 Å². The van der Waals surface area contributed by atoms with Crippen LogP contribution in [-0.2, 0) is 18.4 Å². The number of hydrogen-bond acceptors (Lipinski definition) is 3. The number of urea groups is 1. The first-order chi connectivity index (χ1) is 11.0. The van der Waals surface area contributed by atoms with Gasteiger partial charge in [0.25, 0.3) is 0 Å². The summed E-state index contributed by atoms with van der Waals surface area (Å²) < 4.78 is 1.88. The molecule has 0 bridgehead atoms. The van der Waals surface area contributed by atoms with E-state index >= 15 is 0 Å². The van der Waals surface area contributed by atoms with E-state index in [9.17, 15) is 9.59 Å². The van der Waals surface area contributed by atoms with Crippen molar-refractivity contribution in [2.45, 2.75) is 33.2 Å². The van der Waals surface area contributed by atoms with Gasteiger partial charge in [-0.1, -0.05) is 13.8 Å². The molecule has 1 atom stereocenters. The Morgan fingerprint density at radius 3 is 2.83 bits per heavy atom. The number of hydrogen-bond donors (Lipinski definition) is 2. The highest BCUT2D eigenvalue weighted by Crippen LogP contribution is 2.17. The Morgan fingerprint density at radius 1 is 1.39 bits per heavy atom. The van der Waals surface area contributed by atoms with Gasteiger partial charge < -0.3 is 20.1 Å². The number of imidazole rings is 1. The van der Waals surface area contributed by atoms with E-state index in [1.165, 1.54) is 0 Å². The molecule has 1 aromatic heterocycles. The van der Waals surface area contributed by atoms with Crippen LogP contribution in [0.4, 0.5) is 4.79 Å². The van der Waals surface area contributed by atoms with Gasteiger partial charge in [0, 0.05) is 39.1 Å². The monoisotopic (exact) mass is 321 g/mol. The summed E-state index contributed by atoms with van der Waals surface area (Å²) in [6, 6.07) is -0.0692. The van der Waals surface area contributed by atoms with Crippen molar-refractivity contribution >= 4 is 11.9 Å². The smallest absolute Gasteiger partial charge is 0.317 e. The Morgan fingerprint density at radius 2 is 2.17 bits per heavy atom. The minimum absolute atomic E-state index is 0.00522. The fourth-order valence-corrected chi connectivity index (χ4v) is 2.66. The van der Waals surface area contributed by atoms with Crippen LogP contribution < -0.4 is 10.6 Å². The number of amides is 3. The van der Waals surface area contributed by atoms with Crippen LogP contribution in [0.15, 0.2) is 12.4 Å². The predicted octanol–water partition coefficient (Wildman–Crippen LogP) is 1.11. The molecule has 0 radical (unpaired) electrons. The zero-order valence-electron chi connectivity index (χ0n) is 14.2. The quantitative estimate of drug-likeness (QED) is 0.853. The fraction of sp³-hybridized carbons (Fsp3) is 0.688. The molecule has 0 aromatic carbocycles. The molecule has 1 aliphatic rings. The van der Waals surface area contributed by atoms with Crippen molar-refractivity contribution in [1.82, 2.24) is 25.1 Å². The second-order valence-corrected chi connectivity index (χ2v) is 6.54. The van der Waals surface area contributed by atoms with E-state index in [2.05, 4.69) is 29.5 Å². The van der Waals surface area contributed by atoms with E-state index in [1.807, 2.05) is 17.8 Å². The van der Waals surface area contributed by atoms with Crippen molar-refractivity contribution in [3.05, 3.63) is 18.2 Å². The fourth-order valence-electron chi connectivity index (χ4n) is 2.66. The maximum absolute atomic E-state index is 12.3. The highest BCUT2D eigenvalue weighted by molar-refractivity contribution is 5.80. The van der Waals surface area contributed by atoms with Crippen molar-refractivity contribution < 1.29 is 9.59 Å². The van der Waals surface area contributed by atoms with Gasteiger partial charge in [0.1, 0.15) is 5.82 Å². The minimum Gasteiger partial charge on any atom is -0.349 e. The molecule has 3 amide bonds. The molecule has 7 nitrogen and oxygen atoms in total. The van der Waals surface area contributed by atoms with Gasteiger partial charge in [-0.2, -0.15) is 0 Å². The number of rotatable bonds is 5. The zero-order valence-corrected chi connectivity index (χ0v) is 14.2. The molecule has 2 rings (SSSR count). The second-order valence-electron chi connectivity index (χ2n) is 6.54. The van der Waals surface area contributed by atoms with Crippen LogP contribution in [0, 0.1) is 11.8 Å². The molecule has 0 saturated carbocycles. The molecule has 2 heterocycles. The van der Waals surface area contributed by atoms with E-state index in [0.717, 1.165) is 18.7 Å². The third kappa shape index (κ3) is 4.97. The molecule has 1 saturated heterocycles. The van der Waals surface area contributed by atoms with Gasteiger partial charge in [-0.3, -0.25) is 4.79 Å². The lowest BCUT2D eigenvalue weighted by Crippen LogP contribution is -2.49. The van der Waals surface area contributed by atoms with E-state index in [0.29, 0.717) is 32.1 Å². The molecule has 7 heteroatoms. The summed E-state index contributed by atoms with van der Waals surface area (Å²) >= 11 is 0. The molecule has 23 heavy (non-hydrogen) atoms. The van der Waals surface area contributed by atoms with Crippen LogP contribution in [0.25, 0.3) is 0 Å². The summed E-state index contributed by atoms with van der Waals surface area (Å²) in [5, 5.41) is 5.84. The van der Waals surface area contributed by atoms with Crippen LogP contribution in [0.2, 0.25) is 0 Å². The first kappa shape index (κ1) is 17.3. The molecule has 128 valence electrons. The Labute approximate surface area is 137 Å². The van der Waals surface area contributed by atoms with E-state index in [4.69, 9.17) is 0 Å². The predicted molar refractivity (Wildman–Crippen MR) is 87.6 cm³/mol. The third-order valence-corrected chi connectivity index (χ3v) is 4.08. The van der Waals surface area contributed by atoms with Crippen LogP contribution >= 0.6 is 0 Å². The number of carbonyl (C=O) groups excluding carboxylic acids is 2. The standard InChI is InChI=1S/C16H27N5O2/c1-12(2)9-19-16(23)21-7-4-5-13(11-21)15(22)18-10-14-17-6-8-20(14)3/h6,8,12-13H,4-5,7,9-11H2,1-3H3,(H,18,22)(H,19,23)/t13-/m0/s1.